The lowest BCUT2D eigenvalue weighted by atomic mass is 10.0. The van der Waals surface area contributed by atoms with Gasteiger partial charge in [0.25, 0.3) is 0 Å². The van der Waals surface area contributed by atoms with Gasteiger partial charge in [-0.3, -0.25) is 4.90 Å². The van der Waals surface area contributed by atoms with E-state index in [9.17, 15) is 13.2 Å². The Labute approximate surface area is 119 Å². The van der Waals surface area contributed by atoms with Crippen molar-refractivity contribution in [3.8, 4) is 0 Å². The Bertz CT molecular complexity index is 442. The lowest BCUT2D eigenvalue weighted by Crippen LogP contribution is -2.44. The molecule has 2 nitrogen and oxygen atoms in total. The molecule has 0 spiro atoms. The smallest absolute Gasteiger partial charge is 0.314 e. The van der Waals surface area contributed by atoms with Crippen LogP contribution < -0.4 is 5.32 Å². The average Bonchev–Trinajstić information content (AvgIpc) is 2.37. The number of hydrogen-bond acceptors (Lipinski definition) is 2. The Morgan fingerprint density at radius 2 is 1.84 bits per heavy atom. The Kier molecular flexibility index (Phi) is 4.53. The first-order chi connectivity index (χ1) is 8.88. The first-order valence-electron chi connectivity index (χ1n) is 6.20. The number of hydrogen-bond donors (Lipinski definition) is 1. The van der Waals surface area contributed by atoms with Crippen LogP contribution in [-0.4, -0.2) is 31.1 Å². The molecule has 6 heteroatoms. The molecule has 106 valence electrons. The van der Waals surface area contributed by atoms with Gasteiger partial charge in [-0.1, -0.05) is 15.9 Å². The lowest BCUT2D eigenvalue weighted by Gasteiger charge is -2.33. The van der Waals surface area contributed by atoms with Crippen LogP contribution >= 0.6 is 15.9 Å². The number of alkyl halides is 3. The summed E-state index contributed by atoms with van der Waals surface area (Å²) < 4.78 is 38.9. The van der Waals surface area contributed by atoms with Gasteiger partial charge < -0.3 is 5.32 Å². The first-order valence-corrected chi connectivity index (χ1v) is 6.99. The van der Waals surface area contributed by atoms with E-state index in [1.165, 1.54) is 6.07 Å². The Hall–Kier alpha value is -0.590. The van der Waals surface area contributed by atoms with Crippen molar-refractivity contribution in [2.45, 2.75) is 19.1 Å². The topological polar surface area (TPSA) is 15.3 Å². The number of rotatable bonds is 2. The van der Waals surface area contributed by atoms with Crippen molar-refractivity contribution < 1.29 is 13.2 Å². The molecule has 2 rings (SSSR count). The Balaban J connectivity index is 2.26. The van der Waals surface area contributed by atoms with Gasteiger partial charge in [-0.15, -0.1) is 0 Å². The standard InChI is InChI=1S/C13H16BrF3N2/c1-9(19-4-2-18-3-5-19)10-6-11(13(15,16)17)8-12(14)7-10/h6-9,18H,2-5H2,1H3/t9-/m0/s1. The molecule has 1 fully saturated rings. The fourth-order valence-electron chi connectivity index (χ4n) is 2.30. The Morgan fingerprint density at radius 3 is 2.42 bits per heavy atom. The molecule has 0 amide bonds. The second-order valence-electron chi connectivity index (χ2n) is 4.73. The molecule has 0 aliphatic carbocycles. The molecular weight excluding hydrogens is 321 g/mol. The van der Waals surface area contributed by atoms with Crippen molar-refractivity contribution in [3.05, 3.63) is 33.8 Å². The van der Waals surface area contributed by atoms with Crippen LogP contribution in [0.1, 0.15) is 24.1 Å². The number of benzene rings is 1. The van der Waals surface area contributed by atoms with Gasteiger partial charge in [0.05, 0.1) is 5.56 Å². The maximum Gasteiger partial charge on any atom is 0.416 e. The molecule has 1 atom stereocenters. The highest BCUT2D eigenvalue weighted by Gasteiger charge is 2.32. The summed E-state index contributed by atoms with van der Waals surface area (Å²) in [6.45, 7) is 5.42. The van der Waals surface area contributed by atoms with Gasteiger partial charge in [-0.25, -0.2) is 0 Å². The quantitative estimate of drug-likeness (QED) is 0.890. The summed E-state index contributed by atoms with van der Waals surface area (Å²) in [4.78, 5) is 2.19. The highest BCUT2D eigenvalue weighted by Crippen LogP contribution is 2.34. The van der Waals surface area contributed by atoms with E-state index in [1.54, 1.807) is 6.07 Å². The van der Waals surface area contributed by atoms with Gasteiger partial charge in [0.15, 0.2) is 0 Å². The molecule has 0 radical (unpaired) electrons. The van der Waals surface area contributed by atoms with Crippen LogP contribution in [0.25, 0.3) is 0 Å². The van der Waals surface area contributed by atoms with Crippen LogP contribution in [0.4, 0.5) is 13.2 Å². The zero-order valence-corrected chi connectivity index (χ0v) is 12.2. The molecule has 0 unspecified atom stereocenters. The molecule has 0 bridgehead atoms. The molecule has 1 saturated heterocycles. The molecular formula is C13H16BrF3N2. The minimum Gasteiger partial charge on any atom is -0.314 e. The molecule has 1 N–H and O–H groups in total. The fourth-order valence-corrected chi connectivity index (χ4v) is 2.81. The predicted octanol–water partition coefficient (Wildman–Crippen LogP) is 3.43. The van der Waals surface area contributed by atoms with Gasteiger partial charge in [0.2, 0.25) is 0 Å². The van der Waals surface area contributed by atoms with E-state index in [-0.39, 0.29) is 6.04 Å². The second kappa shape index (κ2) is 5.81. The van der Waals surface area contributed by atoms with E-state index in [0.717, 1.165) is 32.2 Å². The SMILES string of the molecule is C[C@@H](c1cc(Br)cc(C(F)(F)F)c1)N1CCNCC1. The largest absolute Gasteiger partial charge is 0.416 e. The normalized spacial score (nSPS) is 19.4. The van der Waals surface area contributed by atoms with Gasteiger partial charge in [0, 0.05) is 36.7 Å². The molecule has 1 heterocycles. The van der Waals surface area contributed by atoms with Crippen LogP contribution in [0.15, 0.2) is 22.7 Å². The number of halogens is 4. The summed E-state index contributed by atoms with van der Waals surface area (Å²) in [6.07, 6.45) is -4.30. The van der Waals surface area contributed by atoms with E-state index >= 15 is 0 Å². The highest BCUT2D eigenvalue weighted by molar-refractivity contribution is 9.10. The summed E-state index contributed by atoms with van der Waals surface area (Å²) in [5.74, 6) is 0. The molecule has 1 aliphatic rings. The number of nitrogens with zero attached hydrogens (tertiary/aromatic N) is 1. The van der Waals surface area contributed by atoms with Gasteiger partial charge in [-0.05, 0) is 30.7 Å². The molecule has 1 aromatic rings. The summed E-state index contributed by atoms with van der Waals surface area (Å²) in [5.41, 5.74) is 0.0995. The van der Waals surface area contributed by atoms with Gasteiger partial charge in [-0.2, -0.15) is 13.2 Å². The highest BCUT2D eigenvalue weighted by atomic mass is 79.9. The van der Waals surface area contributed by atoms with Crippen molar-refractivity contribution in [2.24, 2.45) is 0 Å². The summed E-state index contributed by atoms with van der Waals surface area (Å²) >= 11 is 3.17. The van der Waals surface area contributed by atoms with Crippen molar-refractivity contribution >= 4 is 15.9 Å². The third kappa shape index (κ3) is 3.70. The monoisotopic (exact) mass is 336 g/mol. The minimum atomic E-state index is -4.30. The third-order valence-electron chi connectivity index (χ3n) is 3.43. The zero-order chi connectivity index (χ0) is 14.0. The van der Waals surface area contributed by atoms with Crippen LogP contribution in [0.5, 0.6) is 0 Å². The number of nitrogens with one attached hydrogen (secondary N) is 1. The molecule has 0 saturated carbocycles. The van der Waals surface area contributed by atoms with Crippen molar-refractivity contribution in [3.63, 3.8) is 0 Å². The maximum atomic E-state index is 12.8. The van der Waals surface area contributed by atoms with Crippen molar-refractivity contribution in [1.82, 2.24) is 10.2 Å². The second-order valence-corrected chi connectivity index (χ2v) is 5.65. The van der Waals surface area contributed by atoms with Crippen molar-refractivity contribution in [1.29, 1.82) is 0 Å². The molecule has 0 aromatic heterocycles. The third-order valence-corrected chi connectivity index (χ3v) is 3.89. The van der Waals surface area contributed by atoms with E-state index in [1.807, 2.05) is 6.92 Å². The van der Waals surface area contributed by atoms with Crippen LogP contribution in [0, 0.1) is 0 Å². The lowest BCUT2D eigenvalue weighted by molar-refractivity contribution is -0.137. The average molecular weight is 337 g/mol. The fraction of sp³-hybridized carbons (Fsp3) is 0.538. The van der Waals surface area contributed by atoms with Crippen LogP contribution in [0.3, 0.4) is 0 Å². The van der Waals surface area contributed by atoms with Crippen molar-refractivity contribution in [2.75, 3.05) is 26.2 Å². The van der Waals surface area contributed by atoms with Gasteiger partial charge >= 0.3 is 6.18 Å². The maximum absolute atomic E-state index is 12.8. The molecule has 1 aliphatic heterocycles. The van der Waals surface area contributed by atoms with Gasteiger partial charge in [0.1, 0.15) is 0 Å². The van der Waals surface area contributed by atoms with E-state index in [4.69, 9.17) is 0 Å². The summed E-state index contributed by atoms with van der Waals surface area (Å²) in [6, 6.07) is 4.12. The van der Waals surface area contributed by atoms with E-state index in [2.05, 4.69) is 26.1 Å². The number of piperazine rings is 1. The minimum absolute atomic E-state index is 0.0132. The van der Waals surface area contributed by atoms with E-state index in [0.29, 0.717) is 10.0 Å². The zero-order valence-electron chi connectivity index (χ0n) is 10.6. The first kappa shape index (κ1) is 14.8. The summed E-state index contributed by atoms with van der Waals surface area (Å²) in [5, 5.41) is 3.24. The summed E-state index contributed by atoms with van der Waals surface area (Å²) in [7, 11) is 0. The molecule has 1 aromatic carbocycles. The van der Waals surface area contributed by atoms with Crippen LogP contribution in [-0.2, 0) is 6.18 Å². The molecule has 19 heavy (non-hydrogen) atoms. The van der Waals surface area contributed by atoms with E-state index < -0.39 is 11.7 Å². The van der Waals surface area contributed by atoms with Crippen LogP contribution in [0.2, 0.25) is 0 Å². The Morgan fingerprint density at radius 1 is 1.21 bits per heavy atom. The predicted molar refractivity (Wildman–Crippen MR) is 72.0 cm³/mol.